The molecule has 3 rings (SSSR count). The van der Waals surface area contributed by atoms with Crippen LogP contribution < -0.4 is 0 Å². The number of nitrogens with zero attached hydrogens (tertiary/aromatic N) is 2. The van der Waals surface area contributed by atoms with Gasteiger partial charge in [0.1, 0.15) is 0 Å². The van der Waals surface area contributed by atoms with Gasteiger partial charge in [0.2, 0.25) is 5.91 Å². The maximum atomic E-state index is 14.1. The van der Waals surface area contributed by atoms with E-state index in [1.54, 1.807) is 30.3 Å². The summed E-state index contributed by atoms with van der Waals surface area (Å²) in [5.74, 6) is -2.03. The molecule has 0 unspecified atom stereocenters. The Balaban J connectivity index is 1.92. The van der Waals surface area contributed by atoms with Crippen molar-refractivity contribution in [2.75, 3.05) is 0 Å². The van der Waals surface area contributed by atoms with Crippen LogP contribution in [0.25, 0.3) is 0 Å². The molecule has 2 aliphatic rings. The summed E-state index contributed by atoms with van der Waals surface area (Å²) in [6.07, 6.45) is -3.15. The third kappa shape index (κ3) is 3.45. The summed E-state index contributed by atoms with van der Waals surface area (Å²) < 4.78 is 42.2. The number of benzene rings is 1. The molecule has 1 fully saturated rings. The molecular formula is C21H27F3N2O2. The van der Waals surface area contributed by atoms with Gasteiger partial charge in [-0.2, -0.15) is 23.3 Å². The molecule has 1 aliphatic heterocycles. The largest absolute Gasteiger partial charge is 0.439 e. The van der Waals surface area contributed by atoms with Crippen LogP contribution in [0.3, 0.4) is 0 Å². The molecule has 0 aromatic heterocycles. The number of fused-ring (bicyclic) bond motifs is 1. The number of amides is 1. The van der Waals surface area contributed by atoms with Gasteiger partial charge in [0.25, 0.3) is 5.72 Å². The number of aliphatic hydroxyl groups is 1. The number of hydrazone groups is 1. The highest BCUT2D eigenvalue weighted by molar-refractivity contribution is 5.93. The van der Waals surface area contributed by atoms with Crippen LogP contribution in [0.1, 0.15) is 52.0 Å². The topological polar surface area (TPSA) is 52.9 Å². The quantitative estimate of drug-likeness (QED) is 0.813. The highest BCUT2D eigenvalue weighted by Gasteiger charge is 2.69. The van der Waals surface area contributed by atoms with Crippen molar-refractivity contribution >= 4 is 11.6 Å². The summed E-state index contributed by atoms with van der Waals surface area (Å²) in [6, 6.07) is 8.53. The third-order valence-corrected chi connectivity index (χ3v) is 6.58. The molecule has 1 saturated carbocycles. The first kappa shape index (κ1) is 20.8. The average Bonchev–Trinajstić information content (AvgIpc) is 2.96. The van der Waals surface area contributed by atoms with Gasteiger partial charge in [-0.15, -0.1) is 0 Å². The van der Waals surface area contributed by atoms with E-state index >= 15 is 0 Å². The zero-order valence-electron chi connectivity index (χ0n) is 16.5. The first-order valence-electron chi connectivity index (χ1n) is 9.74. The Kier molecular flexibility index (Phi) is 5.34. The van der Waals surface area contributed by atoms with E-state index in [-0.39, 0.29) is 29.9 Å². The smallest absolute Gasteiger partial charge is 0.362 e. The van der Waals surface area contributed by atoms with Crippen molar-refractivity contribution in [1.29, 1.82) is 0 Å². The molecule has 4 nitrogen and oxygen atoms in total. The summed E-state index contributed by atoms with van der Waals surface area (Å²) in [6.45, 7) is 6.10. The van der Waals surface area contributed by atoms with Crippen molar-refractivity contribution in [2.45, 2.75) is 64.8 Å². The highest BCUT2D eigenvalue weighted by atomic mass is 19.4. The van der Waals surface area contributed by atoms with Crippen LogP contribution in [0.5, 0.6) is 0 Å². The Hall–Kier alpha value is -1.89. The molecule has 3 atom stereocenters. The first-order chi connectivity index (χ1) is 13.0. The second kappa shape index (κ2) is 7.17. The van der Waals surface area contributed by atoms with E-state index in [1.165, 1.54) is 0 Å². The number of alkyl halides is 3. The van der Waals surface area contributed by atoms with Gasteiger partial charge in [0.05, 0.1) is 12.3 Å². The zero-order chi connectivity index (χ0) is 20.7. The predicted molar refractivity (Wildman–Crippen MR) is 100 cm³/mol. The molecule has 0 radical (unpaired) electrons. The summed E-state index contributed by atoms with van der Waals surface area (Å²) >= 11 is 0. The van der Waals surface area contributed by atoms with Crippen LogP contribution in [0.15, 0.2) is 35.4 Å². The van der Waals surface area contributed by atoms with Crippen molar-refractivity contribution in [3.05, 3.63) is 35.9 Å². The van der Waals surface area contributed by atoms with E-state index in [2.05, 4.69) is 5.10 Å². The van der Waals surface area contributed by atoms with Gasteiger partial charge in [-0.3, -0.25) is 4.79 Å². The fraction of sp³-hybridized carbons (Fsp3) is 0.619. The number of carbonyl (C=O) groups excluding carboxylic acids is 1. The fourth-order valence-corrected chi connectivity index (χ4v) is 4.31. The van der Waals surface area contributed by atoms with Crippen LogP contribution in [0.2, 0.25) is 0 Å². The molecule has 28 heavy (non-hydrogen) atoms. The van der Waals surface area contributed by atoms with Crippen molar-refractivity contribution < 1.29 is 23.1 Å². The maximum absolute atomic E-state index is 14.1. The van der Waals surface area contributed by atoms with Gasteiger partial charge in [0.15, 0.2) is 0 Å². The van der Waals surface area contributed by atoms with E-state index in [1.807, 2.05) is 20.8 Å². The lowest BCUT2D eigenvalue weighted by molar-refractivity contribution is -0.318. The Morgan fingerprint density at radius 3 is 2.50 bits per heavy atom. The van der Waals surface area contributed by atoms with Gasteiger partial charge in [-0.1, -0.05) is 57.5 Å². The number of rotatable bonds is 4. The summed E-state index contributed by atoms with van der Waals surface area (Å²) in [5, 5.41) is 15.2. The Labute approximate surface area is 163 Å². The summed E-state index contributed by atoms with van der Waals surface area (Å²) in [7, 11) is 0. The predicted octanol–water partition coefficient (Wildman–Crippen LogP) is 4.53. The standard InChI is InChI=1S/C21H27F3N2O2/c1-4-19(2,3)15-10-11-17-16(13-15)20(28,21(22,23)24)26(25-17)18(27)12-14-8-6-5-7-9-14/h5-9,15-16,28H,4,10-13H2,1-3H3/t15-,16+,20-/m1/s1. The van der Waals surface area contributed by atoms with E-state index in [0.29, 0.717) is 23.4 Å². The van der Waals surface area contributed by atoms with Crippen LogP contribution in [0, 0.1) is 17.3 Å². The van der Waals surface area contributed by atoms with Crippen molar-refractivity contribution in [3.8, 4) is 0 Å². The Morgan fingerprint density at radius 2 is 1.93 bits per heavy atom. The minimum absolute atomic E-state index is 0.0273. The molecule has 0 spiro atoms. The van der Waals surface area contributed by atoms with Crippen molar-refractivity contribution in [2.24, 2.45) is 22.4 Å². The normalized spacial score (nSPS) is 28.1. The number of halogens is 3. The first-order valence-corrected chi connectivity index (χ1v) is 9.74. The van der Waals surface area contributed by atoms with Crippen LogP contribution >= 0.6 is 0 Å². The molecule has 1 N–H and O–H groups in total. The SMILES string of the molecule is CCC(C)(C)[C@@H]1CCC2=NN(C(=O)Cc3ccccc3)[C@](O)(C(F)(F)F)[C@H]2C1. The van der Waals surface area contributed by atoms with Crippen LogP contribution in [-0.2, 0) is 11.2 Å². The lowest BCUT2D eigenvalue weighted by Gasteiger charge is -2.43. The summed E-state index contributed by atoms with van der Waals surface area (Å²) in [4.78, 5) is 12.7. The molecule has 1 aliphatic carbocycles. The highest BCUT2D eigenvalue weighted by Crippen LogP contribution is 2.52. The second-order valence-electron chi connectivity index (χ2n) is 8.55. The maximum Gasteiger partial charge on any atom is 0.439 e. The van der Waals surface area contributed by atoms with E-state index in [9.17, 15) is 23.1 Å². The molecule has 0 saturated heterocycles. The van der Waals surface area contributed by atoms with Crippen molar-refractivity contribution in [3.63, 3.8) is 0 Å². The molecule has 154 valence electrons. The van der Waals surface area contributed by atoms with Gasteiger partial charge in [-0.05, 0) is 36.2 Å². The number of hydrogen-bond acceptors (Lipinski definition) is 3. The average molecular weight is 396 g/mol. The Morgan fingerprint density at radius 1 is 1.29 bits per heavy atom. The van der Waals surface area contributed by atoms with E-state index in [0.717, 1.165) is 6.42 Å². The van der Waals surface area contributed by atoms with Crippen LogP contribution in [-0.4, -0.2) is 33.6 Å². The third-order valence-electron chi connectivity index (χ3n) is 6.58. The molecular weight excluding hydrogens is 369 g/mol. The number of hydrogen-bond donors (Lipinski definition) is 1. The lowest BCUT2D eigenvalue weighted by Crippen LogP contribution is -2.62. The zero-order valence-corrected chi connectivity index (χ0v) is 16.5. The molecule has 1 amide bonds. The van der Waals surface area contributed by atoms with E-state index < -0.39 is 23.7 Å². The molecule has 1 heterocycles. The minimum atomic E-state index is -4.99. The fourth-order valence-electron chi connectivity index (χ4n) is 4.31. The van der Waals surface area contributed by atoms with E-state index in [4.69, 9.17) is 0 Å². The second-order valence-corrected chi connectivity index (χ2v) is 8.55. The minimum Gasteiger partial charge on any atom is -0.362 e. The molecule has 0 bridgehead atoms. The van der Waals surface area contributed by atoms with Gasteiger partial charge in [0, 0.05) is 5.71 Å². The Bertz CT molecular complexity index is 761. The number of carbonyl (C=O) groups is 1. The molecule has 7 heteroatoms. The van der Waals surface area contributed by atoms with Gasteiger partial charge >= 0.3 is 6.18 Å². The van der Waals surface area contributed by atoms with Crippen LogP contribution in [0.4, 0.5) is 13.2 Å². The lowest BCUT2D eigenvalue weighted by atomic mass is 9.64. The monoisotopic (exact) mass is 396 g/mol. The van der Waals surface area contributed by atoms with Gasteiger partial charge in [-0.25, -0.2) is 0 Å². The molecule has 1 aromatic rings. The molecule has 1 aromatic carbocycles. The summed E-state index contributed by atoms with van der Waals surface area (Å²) in [5.41, 5.74) is -2.56. The van der Waals surface area contributed by atoms with Gasteiger partial charge < -0.3 is 5.11 Å². The van der Waals surface area contributed by atoms with Crippen molar-refractivity contribution in [1.82, 2.24) is 5.01 Å².